The molecule has 128 valence electrons. The van der Waals surface area contributed by atoms with Crippen LogP contribution in [0.15, 0.2) is 6.20 Å². The van der Waals surface area contributed by atoms with E-state index in [1.807, 2.05) is 0 Å². The molecule has 7 nitrogen and oxygen atoms in total. The van der Waals surface area contributed by atoms with E-state index in [4.69, 9.17) is 5.11 Å². The molecule has 2 atom stereocenters. The summed E-state index contributed by atoms with van der Waals surface area (Å²) in [6, 6.07) is 1.14. The van der Waals surface area contributed by atoms with Gasteiger partial charge >= 0.3 is 5.97 Å². The number of rotatable bonds is 5. The van der Waals surface area contributed by atoms with Crippen molar-refractivity contribution in [2.45, 2.75) is 63.6 Å². The maximum Gasteiger partial charge on any atom is 0.358 e. The Bertz CT molecular complexity index is 524. The van der Waals surface area contributed by atoms with Crippen LogP contribution in [0.3, 0.4) is 0 Å². The summed E-state index contributed by atoms with van der Waals surface area (Å²) in [7, 11) is 0. The van der Waals surface area contributed by atoms with Crippen molar-refractivity contribution in [3.63, 3.8) is 0 Å². The van der Waals surface area contributed by atoms with Crippen molar-refractivity contribution in [1.29, 1.82) is 0 Å². The molecule has 0 unspecified atom stereocenters. The SMILES string of the molecule is CCN1CCC(N[C@@H]2CCCC[C@@H]2n2cc(C(=O)O)nn2)CC1. The predicted octanol–water partition coefficient (Wildman–Crippen LogP) is 1.53. The molecule has 23 heavy (non-hydrogen) atoms. The first kappa shape index (κ1) is 16.4. The fourth-order valence-electron chi connectivity index (χ4n) is 3.88. The van der Waals surface area contributed by atoms with Crippen LogP contribution in [-0.4, -0.2) is 62.7 Å². The number of piperidine rings is 1. The van der Waals surface area contributed by atoms with Crippen LogP contribution in [0.1, 0.15) is 62.0 Å². The zero-order chi connectivity index (χ0) is 16.2. The quantitative estimate of drug-likeness (QED) is 0.856. The van der Waals surface area contributed by atoms with E-state index in [0.717, 1.165) is 32.5 Å². The second-order valence-electron chi connectivity index (χ2n) is 6.72. The van der Waals surface area contributed by atoms with E-state index in [-0.39, 0.29) is 11.7 Å². The molecule has 1 aromatic rings. The molecule has 1 saturated heterocycles. The Hall–Kier alpha value is -1.47. The molecule has 2 fully saturated rings. The maximum atomic E-state index is 11.0. The molecule has 1 saturated carbocycles. The Morgan fingerprint density at radius 3 is 2.70 bits per heavy atom. The highest BCUT2D eigenvalue weighted by molar-refractivity contribution is 5.84. The van der Waals surface area contributed by atoms with E-state index in [0.29, 0.717) is 12.1 Å². The van der Waals surface area contributed by atoms with Crippen molar-refractivity contribution < 1.29 is 9.90 Å². The van der Waals surface area contributed by atoms with Crippen molar-refractivity contribution >= 4 is 5.97 Å². The van der Waals surface area contributed by atoms with Crippen LogP contribution >= 0.6 is 0 Å². The first-order valence-corrected chi connectivity index (χ1v) is 8.81. The van der Waals surface area contributed by atoms with Crippen LogP contribution in [0.5, 0.6) is 0 Å². The largest absolute Gasteiger partial charge is 0.476 e. The van der Waals surface area contributed by atoms with Gasteiger partial charge in [-0.3, -0.25) is 0 Å². The molecule has 1 aliphatic heterocycles. The number of nitrogens with one attached hydrogen (secondary N) is 1. The molecule has 0 aromatic carbocycles. The third-order valence-electron chi connectivity index (χ3n) is 5.28. The minimum absolute atomic E-state index is 0.0329. The molecular weight excluding hydrogens is 294 g/mol. The van der Waals surface area contributed by atoms with Crippen LogP contribution in [0.4, 0.5) is 0 Å². The average molecular weight is 321 g/mol. The third-order valence-corrected chi connectivity index (χ3v) is 5.28. The lowest BCUT2D eigenvalue weighted by Crippen LogP contribution is -2.49. The van der Waals surface area contributed by atoms with Crippen molar-refractivity contribution in [3.05, 3.63) is 11.9 Å². The first-order chi connectivity index (χ1) is 11.2. The van der Waals surface area contributed by atoms with Crippen molar-refractivity contribution in [3.8, 4) is 0 Å². The fourth-order valence-corrected chi connectivity index (χ4v) is 3.88. The smallest absolute Gasteiger partial charge is 0.358 e. The van der Waals surface area contributed by atoms with Crippen LogP contribution in [0, 0.1) is 0 Å². The van der Waals surface area contributed by atoms with E-state index in [2.05, 4.69) is 27.5 Å². The van der Waals surface area contributed by atoms with E-state index in [9.17, 15) is 4.79 Å². The van der Waals surface area contributed by atoms with Gasteiger partial charge in [0.2, 0.25) is 0 Å². The molecular formula is C16H27N5O2. The van der Waals surface area contributed by atoms with E-state index < -0.39 is 5.97 Å². The third kappa shape index (κ3) is 3.90. The van der Waals surface area contributed by atoms with E-state index >= 15 is 0 Å². The number of carboxylic acids is 1. The van der Waals surface area contributed by atoms with Gasteiger partial charge in [0.05, 0.1) is 12.2 Å². The Balaban J connectivity index is 1.63. The number of carboxylic acid groups (broad SMARTS) is 1. The summed E-state index contributed by atoms with van der Waals surface area (Å²) < 4.78 is 1.77. The Kier molecular flexibility index (Phi) is 5.27. The number of nitrogens with zero attached hydrogens (tertiary/aromatic N) is 4. The number of hydrogen-bond donors (Lipinski definition) is 2. The highest BCUT2D eigenvalue weighted by Gasteiger charge is 2.30. The van der Waals surface area contributed by atoms with Crippen LogP contribution in [-0.2, 0) is 0 Å². The van der Waals surface area contributed by atoms with Gasteiger partial charge in [-0.05, 0) is 45.3 Å². The van der Waals surface area contributed by atoms with Crippen molar-refractivity contribution in [2.24, 2.45) is 0 Å². The minimum atomic E-state index is -1.01. The van der Waals surface area contributed by atoms with Crippen LogP contribution < -0.4 is 5.32 Å². The lowest BCUT2D eigenvalue weighted by molar-refractivity contribution is 0.0690. The Morgan fingerprint density at radius 1 is 1.30 bits per heavy atom. The fraction of sp³-hybridized carbons (Fsp3) is 0.812. The normalized spacial score (nSPS) is 27.2. The molecule has 2 N–H and O–H groups in total. The van der Waals surface area contributed by atoms with Gasteiger partial charge in [0.25, 0.3) is 0 Å². The number of likely N-dealkylation sites (tertiary alicyclic amines) is 1. The number of aromatic carboxylic acids is 1. The monoisotopic (exact) mass is 321 g/mol. The van der Waals surface area contributed by atoms with Gasteiger partial charge in [-0.2, -0.15) is 0 Å². The van der Waals surface area contributed by atoms with Crippen molar-refractivity contribution in [2.75, 3.05) is 19.6 Å². The molecule has 2 heterocycles. The standard InChI is InChI=1S/C16H27N5O2/c1-2-20-9-7-12(8-10-20)17-13-5-3-4-6-15(13)21-11-14(16(22)23)18-19-21/h11-13,15,17H,2-10H2,1H3,(H,22,23)/t13-,15+/m1/s1. The Morgan fingerprint density at radius 2 is 2.04 bits per heavy atom. The topological polar surface area (TPSA) is 83.3 Å². The van der Waals surface area contributed by atoms with Gasteiger partial charge < -0.3 is 15.3 Å². The molecule has 0 radical (unpaired) electrons. The lowest BCUT2D eigenvalue weighted by Gasteiger charge is -2.38. The van der Waals surface area contributed by atoms with E-state index in [1.54, 1.807) is 10.9 Å². The molecule has 2 aliphatic rings. The molecule has 0 bridgehead atoms. The maximum absolute atomic E-state index is 11.0. The van der Waals surface area contributed by atoms with Gasteiger partial charge in [-0.15, -0.1) is 5.10 Å². The molecule has 1 aromatic heterocycles. The summed E-state index contributed by atoms with van der Waals surface area (Å²) >= 11 is 0. The molecule has 3 rings (SSSR count). The van der Waals surface area contributed by atoms with Gasteiger partial charge in [0, 0.05) is 12.1 Å². The Labute approximate surface area is 137 Å². The van der Waals surface area contributed by atoms with Gasteiger partial charge in [0.1, 0.15) is 0 Å². The summed E-state index contributed by atoms with van der Waals surface area (Å²) in [4.78, 5) is 13.5. The minimum Gasteiger partial charge on any atom is -0.476 e. The predicted molar refractivity (Wildman–Crippen MR) is 86.5 cm³/mol. The zero-order valence-corrected chi connectivity index (χ0v) is 13.8. The van der Waals surface area contributed by atoms with Crippen LogP contribution in [0.2, 0.25) is 0 Å². The van der Waals surface area contributed by atoms with Crippen LogP contribution in [0.25, 0.3) is 0 Å². The second-order valence-corrected chi connectivity index (χ2v) is 6.72. The van der Waals surface area contributed by atoms with Gasteiger partial charge in [-0.25, -0.2) is 9.48 Å². The summed E-state index contributed by atoms with van der Waals surface area (Å²) in [5.74, 6) is -1.01. The highest BCUT2D eigenvalue weighted by Crippen LogP contribution is 2.29. The second kappa shape index (κ2) is 7.40. The summed E-state index contributed by atoms with van der Waals surface area (Å²) in [6.07, 6.45) is 8.51. The van der Waals surface area contributed by atoms with E-state index in [1.165, 1.54) is 25.7 Å². The number of aromatic nitrogens is 3. The summed E-state index contributed by atoms with van der Waals surface area (Å²) in [6.45, 7) is 5.68. The summed E-state index contributed by atoms with van der Waals surface area (Å²) in [5.41, 5.74) is 0.0329. The lowest BCUT2D eigenvalue weighted by atomic mass is 9.89. The number of carbonyl (C=O) groups is 1. The van der Waals surface area contributed by atoms with Gasteiger partial charge in [-0.1, -0.05) is 25.0 Å². The van der Waals surface area contributed by atoms with Crippen molar-refractivity contribution in [1.82, 2.24) is 25.2 Å². The highest BCUT2D eigenvalue weighted by atomic mass is 16.4. The number of hydrogen-bond acceptors (Lipinski definition) is 5. The molecule has 1 aliphatic carbocycles. The average Bonchev–Trinajstić information content (AvgIpc) is 3.06. The zero-order valence-electron chi connectivity index (χ0n) is 13.8. The molecule has 7 heteroatoms. The summed E-state index contributed by atoms with van der Waals surface area (Å²) in [5, 5.41) is 20.7. The molecule has 0 amide bonds. The first-order valence-electron chi connectivity index (χ1n) is 8.81. The molecule has 0 spiro atoms. The van der Waals surface area contributed by atoms with Gasteiger partial charge in [0.15, 0.2) is 5.69 Å².